The number of carboxylic acid groups (broad SMARTS) is 1. The lowest BCUT2D eigenvalue weighted by molar-refractivity contribution is -0.142. The van der Waals surface area contributed by atoms with Crippen molar-refractivity contribution in [2.24, 2.45) is 5.92 Å². The van der Waals surface area contributed by atoms with Crippen molar-refractivity contribution in [3.05, 3.63) is 53.4 Å². The van der Waals surface area contributed by atoms with Crippen molar-refractivity contribution in [2.75, 3.05) is 0 Å². The van der Waals surface area contributed by atoms with E-state index in [1.807, 2.05) is 10.8 Å². The Morgan fingerprint density at radius 2 is 2.25 bits per heavy atom. The van der Waals surface area contributed by atoms with Gasteiger partial charge in [0.25, 0.3) is 0 Å². The second-order valence-corrected chi connectivity index (χ2v) is 5.14. The maximum Gasteiger partial charge on any atom is 0.307 e. The number of fused-ring (bicyclic) bond motifs is 1. The molecule has 1 aliphatic rings. The van der Waals surface area contributed by atoms with Crippen LogP contribution in [0.15, 0.2) is 30.5 Å². The highest BCUT2D eigenvalue weighted by Crippen LogP contribution is 2.22. The van der Waals surface area contributed by atoms with Crippen molar-refractivity contribution in [1.29, 1.82) is 0 Å². The van der Waals surface area contributed by atoms with Crippen LogP contribution in [-0.4, -0.2) is 20.6 Å². The second kappa shape index (κ2) is 5.07. The molecule has 0 saturated carbocycles. The summed E-state index contributed by atoms with van der Waals surface area (Å²) in [5.41, 5.74) is 1.40. The molecule has 20 heavy (non-hydrogen) atoms. The number of hydrogen-bond acceptors (Lipinski definition) is 2. The second-order valence-electron chi connectivity index (χ2n) is 5.14. The van der Waals surface area contributed by atoms with E-state index in [1.54, 1.807) is 18.2 Å². The largest absolute Gasteiger partial charge is 0.481 e. The van der Waals surface area contributed by atoms with Crippen LogP contribution in [0.4, 0.5) is 4.39 Å². The summed E-state index contributed by atoms with van der Waals surface area (Å²) in [4.78, 5) is 15.5. The SMILES string of the molecule is O=C(O)C1CCn2cc(Cc3ccccc3F)nc2C1. The van der Waals surface area contributed by atoms with Crippen LogP contribution in [-0.2, 0) is 24.2 Å². The van der Waals surface area contributed by atoms with Gasteiger partial charge in [0.05, 0.1) is 11.6 Å². The molecule has 1 atom stereocenters. The van der Waals surface area contributed by atoms with Crippen LogP contribution in [0.25, 0.3) is 0 Å². The Morgan fingerprint density at radius 1 is 1.45 bits per heavy atom. The number of aliphatic carboxylic acids is 1. The van der Waals surface area contributed by atoms with Crippen molar-refractivity contribution in [3.63, 3.8) is 0 Å². The van der Waals surface area contributed by atoms with Crippen molar-refractivity contribution in [3.8, 4) is 0 Å². The average Bonchev–Trinajstić information content (AvgIpc) is 2.82. The Hall–Kier alpha value is -2.17. The van der Waals surface area contributed by atoms with Gasteiger partial charge < -0.3 is 9.67 Å². The van der Waals surface area contributed by atoms with Crippen LogP contribution in [0.1, 0.15) is 23.5 Å². The van der Waals surface area contributed by atoms with E-state index < -0.39 is 5.97 Å². The molecule has 2 aromatic rings. The molecule has 0 bridgehead atoms. The third-order valence-corrected chi connectivity index (χ3v) is 3.74. The zero-order chi connectivity index (χ0) is 14.1. The number of benzene rings is 1. The van der Waals surface area contributed by atoms with Gasteiger partial charge in [0, 0.05) is 25.6 Å². The number of hydrogen-bond donors (Lipinski definition) is 1. The quantitative estimate of drug-likeness (QED) is 0.934. The van der Waals surface area contributed by atoms with Crippen LogP contribution < -0.4 is 0 Å². The molecule has 1 aromatic carbocycles. The molecular formula is C15H15FN2O2. The summed E-state index contributed by atoms with van der Waals surface area (Å²) in [6, 6.07) is 6.64. The van der Waals surface area contributed by atoms with E-state index in [-0.39, 0.29) is 11.7 Å². The third-order valence-electron chi connectivity index (χ3n) is 3.74. The molecule has 2 heterocycles. The van der Waals surface area contributed by atoms with Crippen molar-refractivity contribution >= 4 is 5.97 Å². The molecule has 5 heteroatoms. The lowest BCUT2D eigenvalue weighted by Gasteiger charge is -2.19. The summed E-state index contributed by atoms with van der Waals surface area (Å²) < 4.78 is 15.6. The van der Waals surface area contributed by atoms with Gasteiger partial charge in [-0.15, -0.1) is 0 Å². The minimum atomic E-state index is -0.769. The van der Waals surface area contributed by atoms with E-state index in [2.05, 4.69) is 4.98 Å². The monoisotopic (exact) mass is 274 g/mol. The molecule has 0 spiro atoms. The van der Waals surface area contributed by atoms with E-state index in [9.17, 15) is 9.18 Å². The molecule has 0 saturated heterocycles. The topological polar surface area (TPSA) is 55.1 Å². The normalized spacial score (nSPS) is 17.8. The summed E-state index contributed by atoms with van der Waals surface area (Å²) >= 11 is 0. The van der Waals surface area contributed by atoms with E-state index in [4.69, 9.17) is 5.11 Å². The molecule has 0 aliphatic carbocycles. The third kappa shape index (κ3) is 2.43. The Bertz CT molecular complexity index is 651. The molecule has 1 unspecified atom stereocenters. The van der Waals surface area contributed by atoms with E-state index in [0.29, 0.717) is 31.4 Å². The summed E-state index contributed by atoms with van der Waals surface area (Å²) in [7, 11) is 0. The van der Waals surface area contributed by atoms with Crippen LogP contribution in [0.5, 0.6) is 0 Å². The molecular weight excluding hydrogens is 259 g/mol. The van der Waals surface area contributed by atoms with Gasteiger partial charge in [-0.1, -0.05) is 18.2 Å². The smallest absolute Gasteiger partial charge is 0.307 e. The van der Waals surface area contributed by atoms with Gasteiger partial charge >= 0.3 is 5.97 Å². The van der Waals surface area contributed by atoms with Crippen LogP contribution in [0.3, 0.4) is 0 Å². The van der Waals surface area contributed by atoms with E-state index in [0.717, 1.165) is 11.5 Å². The fraction of sp³-hybridized carbons (Fsp3) is 0.333. The molecule has 1 aliphatic heterocycles. The zero-order valence-corrected chi connectivity index (χ0v) is 10.9. The summed E-state index contributed by atoms with van der Waals surface area (Å²) in [5, 5.41) is 9.06. The van der Waals surface area contributed by atoms with Gasteiger partial charge in [-0.3, -0.25) is 4.79 Å². The van der Waals surface area contributed by atoms with Crippen LogP contribution in [0, 0.1) is 11.7 Å². The average molecular weight is 274 g/mol. The standard InChI is InChI=1S/C15H15FN2O2/c16-13-4-2-1-3-10(13)7-12-9-18-6-5-11(15(19)20)8-14(18)17-12/h1-4,9,11H,5-8H2,(H,19,20). The maximum absolute atomic E-state index is 13.6. The highest BCUT2D eigenvalue weighted by molar-refractivity contribution is 5.70. The van der Waals surface area contributed by atoms with Gasteiger partial charge in [-0.05, 0) is 18.1 Å². The number of nitrogens with zero attached hydrogens (tertiary/aromatic N) is 2. The van der Waals surface area contributed by atoms with E-state index >= 15 is 0 Å². The number of halogens is 1. The lowest BCUT2D eigenvalue weighted by Crippen LogP contribution is -2.25. The number of aromatic nitrogens is 2. The van der Waals surface area contributed by atoms with Gasteiger partial charge in [0.1, 0.15) is 11.6 Å². The maximum atomic E-state index is 13.6. The first kappa shape index (κ1) is 12.8. The number of imidazole rings is 1. The fourth-order valence-electron chi connectivity index (χ4n) is 2.62. The number of aryl methyl sites for hydroxylation is 1. The Morgan fingerprint density at radius 3 is 3.00 bits per heavy atom. The van der Waals surface area contributed by atoms with Gasteiger partial charge in [0.15, 0.2) is 0 Å². The first-order valence-electron chi connectivity index (χ1n) is 6.64. The van der Waals surface area contributed by atoms with Crippen LogP contribution in [0.2, 0.25) is 0 Å². The van der Waals surface area contributed by atoms with Crippen molar-refractivity contribution in [2.45, 2.75) is 25.8 Å². The lowest BCUT2D eigenvalue weighted by atomic mass is 9.98. The Kier molecular flexibility index (Phi) is 3.26. The molecule has 0 radical (unpaired) electrons. The highest BCUT2D eigenvalue weighted by Gasteiger charge is 2.25. The van der Waals surface area contributed by atoms with Gasteiger partial charge in [-0.2, -0.15) is 0 Å². The molecule has 3 rings (SSSR count). The fourth-order valence-corrected chi connectivity index (χ4v) is 2.62. The highest BCUT2D eigenvalue weighted by atomic mass is 19.1. The number of carbonyl (C=O) groups is 1. The summed E-state index contributed by atoms with van der Waals surface area (Å²) in [6.45, 7) is 0.663. The Labute approximate surface area is 115 Å². The van der Waals surface area contributed by atoms with Crippen molar-refractivity contribution in [1.82, 2.24) is 9.55 Å². The summed E-state index contributed by atoms with van der Waals surface area (Å²) in [5.74, 6) is -0.571. The van der Waals surface area contributed by atoms with Gasteiger partial charge in [0.2, 0.25) is 0 Å². The Balaban J connectivity index is 1.81. The van der Waals surface area contributed by atoms with Crippen LogP contribution >= 0.6 is 0 Å². The van der Waals surface area contributed by atoms with Gasteiger partial charge in [-0.25, -0.2) is 9.37 Å². The van der Waals surface area contributed by atoms with Crippen molar-refractivity contribution < 1.29 is 14.3 Å². The minimum Gasteiger partial charge on any atom is -0.481 e. The first-order chi connectivity index (χ1) is 9.63. The predicted octanol–water partition coefficient (Wildman–Crippen LogP) is 2.26. The van der Waals surface area contributed by atoms with E-state index in [1.165, 1.54) is 6.07 Å². The first-order valence-corrected chi connectivity index (χ1v) is 6.64. The molecule has 0 fully saturated rings. The summed E-state index contributed by atoms with van der Waals surface area (Å²) in [6.07, 6.45) is 3.41. The molecule has 0 amide bonds. The molecule has 104 valence electrons. The number of rotatable bonds is 3. The predicted molar refractivity (Wildman–Crippen MR) is 70.9 cm³/mol. The zero-order valence-electron chi connectivity index (χ0n) is 10.9. The minimum absolute atomic E-state index is 0.234. The molecule has 4 nitrogen and oxygen atoms in total. The number of carboxylic acids is 1. The molecule has 1 aromatic heterocycles. The molecule has 1 N–H and O–H groups in total.